The van der Waals surface area contributed by atoms with E-state index in [4.69, 9.17) is 0 Å². The number of pyridine rings is 1. The van der Waals surface area contributed by atoms with Gasteiger partial charge in [-0.25, -0.2) is 0 Å². The second kappa shape index (κ2) is 5.21. The maximum atomic E-state index is 12.8. The molecule has 0 aliphatic rings. The summed E-state index contributed by atoms with van der Waals surface area (Å²) in [4.78, 5) is 4.10. The Morgan fingerprint density at radius 1 is 0.889 bits per heavy atom. The lowest BCUT2D eigenvalue weighted by Gasteiger charge is -2.12. The van der Waals surface area contributed by atoms with Gasteiger partial charge in [0, 0.05) is 11.9 Å². The third kappa shape index (κ3) is 3.09. The summed E-state index contributed by atoms with van der Waals surface area (Å²) in [5, 5.41) is 0. The minimum Gasteiger partial charge on any atom is -0.261 e. The van der Waals surface area contributed by atoms with Crippen molar-refractivity contribution in [1.29, 1.82) is 0 Å². The maximum absolute atomic E-state index is 12.8. The number of aryl methyl sites for hydroxylation is 2. The first-order valence-electron chi connectivity index (χ1n) is 5.62. The number of hydrogen-bond donors (Lipinski definition) is 0. The van der Waals surface area contributed by atoms with Gasteiger partial charge in [-0.05, 0) is 36.6 Å². The minimum absolute atomic E-state index is 0.315. The van der Waals surface area contributed by atoms with E-state index < -0.39 is 11.7 Å². The van der Waals surface area contributed by atoms with Gasteiger partial charge in [-0.2, -0.15) is 13.2 Å². The molecule has 0 atom stereocenters. The molecule has 0 N–H and O–H groups in total. The zero-order valence-electron chi connectivity index (χ0n) is 9.61. The highest BCUT2D eigenvalue weighted by Crippen LogP contribution is 2.32. The second-order valence-corrected chi connectivity index (χ2v) is 3.98. The van der Waals surface area contributed by atoms with Crippen LogP contribution in [-0.2, 0) is 19.0 Å². The first-order chi connectivity index (χ1) is 8.57. The van der Waals surface area contributed by atoms with Crippen LogP contribution in [0.15, 0.2) is 48.7 Å². The predicted octanol–water partition coefficient (Wildman–Crippen LogP) is 3.89. The zero-order valence-corrected chi connectivity index (χ0v) is 9.61. The summed E-state index contributed by atoms with van der Waals surface area (Å²) in [7, 11) is 0. The van der Waals surface area contributed by atoms with E-state index in [1.165, 1.54) is 12.1 Å². The number of hydrogen-bond acceptors (Lipinski definition) is 1. The molecule has 0 saturated heterocycles. The number of rotatable bonds is 3. The molecular weight excluding hydrogens is 239 g/mol. The Hall–Kier alpha value is -1.84. The molecule has 0 spiro atoms. The number of alkyl halides is 3. The predicted molar refractivity (Wildman–Crippen MR) is 63.1 cm³/mol. The summed E-state index contributed by atoms with van der Waals surface area (Å²) in [5.74, 6) is 0. The molecule has 0 saturated carbocycles. The molecule has 1 heterocycles. The van der Waals surface area contributed by atoms with Crippen molar-refractivity contribution in [1.82, 2.24) is 4.98 Å². The molecule has 4 heteroatoms. The summed E-state index contributed by atoms with van der Waals surface area (Å²) in [5.41, 5.74) is 0.561. The number of nitrogens with zero attached hydrogens (tertiary/aromatic N) is 1. The van der Waals surface area contributed by atoms with Crippen LogP contribution in [0, 0.1) is 0 Å². The number of benzene rings is 1. The van der Waals surface area contributed by atoms with E-state index in [0.29, 0.717) is 18.4 Å². The molecule has 0 aliphatic heterocycles. The lowest BCUT2D eigenvalue weighted by molar-refractivity contribution is -0.138. The van der Waals surface area contributed by atoms with Crippen LogP contribution in [0.5, 0.6) is 0 Å². The monoisotopic (exact) mass is 251 g/mol. The Kier molecular flexibility index (Phi) is 3.65. The summed E-state index contributed by atoms with van der Waals surface area (Å²) in [6.07, 6.45) is -1.80. The SMILES string of the molecule is FC(F)(F)c1ccccc1CCc1ccccn1. The van der Waals surface area contributed by atoms with Crippen molar-refractivity contribution in [2.24, 2.45) is 0 Å². The molecule has 0 aliphatic carbocycles. The number of aromatic nitrogens is 1. The summed E-state index contributed by atoms with van der Waals surface area (Å²) in [6, 6.07) is 11.1. The van der Waals surface area contributed by atoms with Crippen LogP contribution >= 0.6 is 0 Å². The largest absolute Gasteiger partial charge is 0.416 e. The first-order valence-corrected chi connectivity index (χ1v) is 5.62. The zero-order chi connectivity index (χ0) is 13.0. The average Bonchev–Trinajstić information content (AvgIpc) is 2.37. The topological polar surface area (TPSA) is 12.9 Å². The van der Waals surface area contributed by atoms with E-state index in [-0.39, 0.29) is 0 Å². The van der Waals surface area contributed by atoms with Crippen LogP contribution in [0.3, 0.4) is 0 Å². The van der Waals surface area contributed by atoms with Gasteiger partial charge >= 0.3 is 6.18 Å². The van der Waals surface area contributed by atoms with E-state index in [0.717, 1.165) is 11.8 Å². The Morgan fingerprint density at radius 2 is 1.61 bits per heavy atom. The molecule has 0 fully saturated rings. The van der Waals surface area contributed by atoms with Crippen molar-refractivity contribution in [3.8, 4) is 0 Å². The Labute approximate surface area is 103 Å². The van der Waals surface area contributed by atoms with Crippen LogP contribution in [-0.4, -0.2) is 4.98 Å². The van der Waals surface area contributed by atoms with Crippen molar-refractivity contribution in [2.75, 3.05) is 0 Å². The lowest BCUT2D eigenvalue weighted by Crippen LogP contribution is -2.09. The van der Waals surface area contributed by atoms with Crippen LogP contribution in [0.4, 0.5) is 13.2 Å². The van der Waals surface area contributed by atoms with E-state index in [2.05, 4.69) is 4.98 Å². The van der Waals surface area contributed by atoms with Crippen molar-refractivity contribution in [2.45, 2.75) is 19.0 Å². The van der Waals surface area contributed by atoms with Crippen molar-refractivity contribution in [3.05, 3.63) is 65.5 Å². The van der Waals surface area contributed by atoms with Gasteiger partial charge in [-0.1, -0.05) is 24.3 Å². The fourth-order valence-corrected chi connectivity index (χ4v) is 1.82. The fourth-order valence-electron chi connectivity index (χ4n) is 1.82. The van der Waals surface area contributed by atoms with E-state index in [1.54, 1.807) is 18.3 Å². The van der Waals surface area contributed by atoms with Gasteiger partial charge in [0.1, 0.15) is 0 Å². The highest BCUT2D eigenvalue weighted by Gasteiger charge is 2.32. The van der Waals surface area contributed by atoms with Gasteiger partial charge in [0.05, 0.1) is 5.56 Å². The van der Waals surface area contributed by atoms with Gasteiger partial charge in [-0.15, -0.1) is 0 Å². The highest BCUT2D eigenvalue weighted by molar-refractivity contribution is 5.30. The maximum Gasteiger partial charge on any atom is 0.416 e. The van der Waals surface area contributed by atoms with Crippen molar-refractivity contribution >= 4 is 0 Å². The van der Waals surface area contributed by atoms with Gasteiger partial charge in [0.25, 0.3) is 0 Å². The Balaban J connectivity index is 2.15. The Bertz CT molecular complexity index is 506. The third-order valence-electron chi connectivity index (χ3n) is 2.70. The molecule has 1 nitrogen and oxygen atoms in total. The van der Waals surface area contributed by atoms with Crippen LogP contribution < -0.4 is 0 Å². The second-order valence-electron chi connectivity index (χ2n) is 3.98. The summed E-state index contributed by atoms with van der Waals surface area (Å²) >= 11 is 0. The molecule has 18 heavy (non-hydrogen) atoms. The minimum atomic E-state index is -4.29. The van der Waals surface area contributed by atoms with Gasteiger partial charge in [0.2, 0.25) is 0 Å². The van der Waals surface area contributed by atoms with Gasteiger partial charge in [-0.3, -0.25) is 4.98 Å². The van der Waals surface area contributed by atoms with E-state index >= 15 is 0 Å². The molecule has 2 rings (SSSR count). The molecule has 94 valence electrons. The molecule has 1 aromatic carbocycles. The molecule has 0 unspecified atom stereocenters. The van der Waals surface area contributed by atoms with Crippen LogP contribution in [0.1, 0.15) is 16.8 Å². The van der Waals surface area contributed by atoms with E-state index in [1.807, 2.05) is 12.1 Å². The average molecular weight is 251 g/mol. The molecule has 0 amide bonds. The fraction of sp³-hybridized carbons (Fsp3) is 0.214. The van der Waals surface area contributed by atoms with Crippen molar-refractivity contribution < 1.29 is 13.2 Å². The smallest absolute Gasteiger partial charge is 0.261 e. The lowest BCUT2D eigenvalue weighted by atomic mass is 10.0. The van der Waals surface area contributed by atoms with Gasteiger partial charge in [0.15, 0.2) is 0 Å². The van der Waals surface area contributed by atoms with Crippen LogP contribution in [0.2, 0.25) is 0 Å². The molecule has 0 radical (unpaired) electrons. The van der Waals surface area contributed by atoms with Crippen LogP contribution in [0.25, 0.3) is 0 Å². The van der Waals surface area contributed by atoms with E-state index in [9.17, 15) is 13.2 Å². The van der Waals surface area contributed by atoms with Crippen molar-refractivity contribution in [3.63, 3.8) is 0 Å². The molecular formula is C14H12F3N. The normalized spacial score (nSPS) is 11.5. The quantitative estimate of drug-likeness (QED) is 0.806. The molecule has 0 bridgehead atoms. The first kappa shape index (κ1) is 12.6. The summed E-state index contributed by atoms with van der Waals surface area (Å²) < 4.78 is 38.3. The highest BCUT2D eigenvalue weighted by atomic mass is 19.4. The third-order valence-corrected chi connectivity index (χ3v) is 2.70. The summed E-state index contributed by atoms with van der Waals surface area (Å²) in [6.45, 7) is 0. The standard InChI is InChI=1S/C14H12F3N/c15-14(16,17)13-7-2-1-5-11(13)8-9-12-6-3-4-10-18-12/h1-7,10H,8-9H2. The Morgan fingerprint density at radius 3 is 2.28 bits per heavy atom. The molecule has 1 aromatic heterocycles. The number of halogens is 3. The molecule has 2 aromatic rings. The van der Waals surface area contributed by atoms with Gasteiger partial charge < -0.3 is 0 Å².